The number of hydrogen-bond donors (Lipinski definition) is 1. The topological polar surface area (TPSA) is 82.9 Å². The van der Waals surface area contributed by atoms with Crippen LogP contribution in [0.4, 0.5) is 5.13 Å². The van der Waals surface area contributed by atoms with Crippen molar-refractivity contribution >= 4 is 34.1 Å². The fraction of sp³-hybridized carbons (Fsp3) is 0.250. The van der Waals surface area contributed by atoms with Crippen LogP contribution in [0.1, 0.15) is 12.8 Å². The predicted octanol–water partition coefficient (Wildman–Crippen LogP) is 0.711. The number of aromatic nitrogens is 1. The molecule has 1 aliphatic heterocycles. The lowest BCUT2D eigenvalue weighted by Crippen LogP contribution is -2.34. The van der Waals surface area contributed by atoms with Gasteiger partial charge >= 0.3 is 5.97 Å². The molecule has 1 N–H and O–H groups in total. The minimum absolute atomic E-state index is 0.00944. The number of anilines is 1. The summed E-state index contributed by atoms with van der Waals surface area (Å²) in [6.07, 6.45) is 1.87. The van der Waals surface area contributed by atoms with Crippen molar-refractivity contribution in [3.05, 3.63) is 11.6 Å². The molecule has 0 unspecified atom stereocenters. The van der Waals surface area contributed by atoms with Crippen LogP contribution < -0.4 is 5.01 Å². The molecule has 0 aromatic carbocycles. The van der Waals surface area contributed by atoms with Gasteiger partial charge in [-0.1, -0.05) is 0 Å². The minimum Gasteiger partial charge on any atom is -0.477 e. The fourth-order valence-electron chi connectivity index (χ4n) is 1.18. The van der Waals surface area contributed by atoms with Gasteiger partial charge in [-0.05, 0) is 0 Å². The van der Waals surface area contributed by atoms with Crippen molar-refractivity contribution in [2.45, 2.75) is 12.8 Å². The monoisotopic (exact) mass is 225 g/mol. The molecule has 2 rings (SSSR count). The summed E-state index contributed by atoms with van der Waals surface area (Å²) in [7, 11) is 0. The maximum absolute atomic E-state index is 11.5. The highest BCUT2D eigenvalue weighted by Crippen LogP contribution is 2.22. The highest BCUT2D eigenvalue weighted by Gasteiger charge is 2.26. The Morgan fingerprint density at radius 3 is 2.93 bits per heavy atom. The van der Waals surface area contributed by atoms with E-state index in [0.29, 0.717) is 5.13 Å². The van der Waals surface area contributed by atoms with Crippen LogP contribution in [-0.4, -0.2) is 27.7 Å². The summed E-state index contributed by atoms with van der Waals surface area (Å²) in [6.45, 7) is 0. The second-order valence-electron chi connectivity index (χ2n) is 2.87. The average molecular weight is 225 g/mol. The number of amides is 1. The summed E-state index contributed by atoms with van der Waals surface area (Å²) < 4.78 is 0. The molecule has 0 saturated heterocycles. The molecule has 78 valence electrons. The van der Waals surface area contributed by atoms with E-state index in [1.807, 2.05) is 0 Å². The number of hydrogen-bond acceptors (Lipinski definition) is 5. The largest absolute Gasteiger partial charge is 0.477 e. The molecule has 0 radical (unpaired) electrons. The second-order valence-corrected chi connectivity index (χ2v) is 3.75. The number of carboxylic acid groups (broad SMARTS) is 1. The first-order chi connectivity index (χ1) is 7.18. The van der Waals surface area contributed by atoms with Crippen LogP contribution in [0, 0.1) is 0 Å². The first kappa shape index (κ1) is 9.78. The third-order valence-corrected chi connectivity index (χ3v) is 2.63. The summed E-state index contributed by atoms with van der Waals surface area (Å²) in [5, 5.41) is 15.7. The summed E-state index contributed by atoms with van der Waals surface area (Å²) in [6, 6.07) is 0. The summed E-state index contributed by atoms with van der Waals surface area (Å²) in [5.74, 6) is -1.32. The number of aliphatic carboxylic acids is 1. The van der Waals surface area contributed by atoms with E-state index in [1.165, 1.54) is 17.5 Å². The molecule has 6 nitrogen and oxygen atoms in total. The maximum Gasteiger partial charge on any atom is 0.352 e. The fourth-order valence-corrected chi connectivity index (χ4v) is 1.79. The van der Waals surface area contributed by atoms with Gasteiger partial charge in [0, 0.05) is 24.4 Å². The molecule has 0 saturated carbocycles. The van der Waals surface area contributed by atoms with Crippen LogP contribution in [0.3, 0.4) is 0 Å². The number of rotatable bonds is 2. The molecular formula is C8H7N3O3S. The third-order valence-electron chi connectivity index (χ3n) is 1.88. The van der Waals surface area contributed by atoms with Crippen molar-refractivity contribution in [2.75, 3.05) is 5.01 Å². The predicted molar refractivity (Wildman–Crippen MR) is 53.9 cm³/mol. The SMILES string of the molecule is O=C(O)C1=NN(c2nccs2)C(=O)CC1. The molecule has 1 aromatic heterocycles. The van der Waals surface area contributed by atoms with Crippen molar-refractivity contribution < 1.29 is 14.7 Å². The summed E-state index contributed by atoms with van der Waals surface area (Å²) >= 11 is 1.24. The van der Waals surface area contributed by atoms with E-state index in [2.05, 4.69) is 10.1 Å². The molecule has 0 atom stereocenters. The van der Waals surface area contributed by atoms with E-state index >= 15 is 0 Å². The second kappa shape index (κ2) is 3.77. The zero-order valence-corrected chi connectivity index (χ0v) is 8.40. The van der Waals surface area contributed by atoms with E-state index in [4.69, 9.17) is 5.11 Å². The number of carbonyl (C=O) groups is 2. The minimum atomic E-state index is -1.09. The van der Waals surface area contributed by atoms with E-state index < -0.39 is 5.97 Å². The third kappa shape index (κ3) is 1.86. The van der Waals surface area contributed by atoms with Gasteiger partial charge in [-0.15, -0.1) is 11.3 Å². The highest BCUT2D eigenvalue weighted by atomic mass is 32.1. The Morgan fingerprint density at radius 2 is 2.33 bits per heavy atom. The lowest BCUT2D eigenvalue weighted by atomic mass is 10.2. The molecule has 2 heterocycles. The first-order valence-electron chi connectivity index (χ1n) is 4.21. The van der Waals surface area contributed by atoms with Gasteiger partial charge in [0.05, 0.1) is 0 Å². The number of hydrazone groups is 1. The van der Waals surface area contributed by atoms with Gasteiger partial charge in [0.25, 0.3) is 0 Å². The molecule has 15 heavy (non-hydrogen) atoms. The Morgan fingerprint density at radius 1 is 1.53 bits per heavy atom. The molecule has 0 spiro atoms. The maximum atomic E-state index is 11.5. The van der Waals surface area contributed by atoms with Crippen molar-refractivity contribution in [3.63, 3.8) is 0 Å². The highest BCUT2D eigenvalue weighted by molar-refractivity contribution is 7.13. The number of carboxylic acids is 1. The van der Waals surface area contributed by atoms with Gasteiger partial charge in [-0.2, -0.15) is 10.1 Å². The number of carbonyl (C=O) groups excluding carboxylic acids is 1. The van der Waals surface area contributed by atoms with Crippen LogP contribution in [-0.2, 0) is 9.59 Å². The van der Waals surface area contributed by atoms with Crippen molar-refractivity contribution in [3.8, 4) is 0 Å². The Labute approximate surface area is 88.9 Å². The molecule has 1 aliphatic rings. The molecule has 7 heteroatoms. The van der Waals surface area contributed by atoms with Crippen molar-refractivity contribution in [1.82, 2.24) is 4.98 Å². The number of nitrogens with zero attached hydrogens (tertiary/aromatic N) is 3. The van der Waals surface area contributed by atoms with Gasteiger partial charge in [0.1, 0.15) is 5.71 Å². The van der Waals surface area contributed by atoms with Crippen LogP contribution in [0.15, 0.2) is 16.7 Å². The smallest absolute Gasteiger partial charge is 0.352 e. The van der Waals surface area contributed by atoms with Crippen molar-refractivity contribution in [1.29, 1.82) is 0 Å². The average Bonchev–Trinajstić information content (AvgIpc) is 2.71. The van der Waals surface area contributed by atoms with E-state index in [-0.39, 0.29) is 24.5 Å². The lowest BCUT2D eigenvalue weighted by Gasteiger charge is -2.18. The first-order valence-corrected chi connectivity index (χ1v) is 5.09. The standard InChI is InChI=1S/C8H7N3O3S/c12-6-2-1-5(7(13)14)10-11(6)8-9-3-4-15-8/h3-4H,1-2H2,(H,13,14). The van der Waals surface area contributed by atoms with Gasteiger partial charge in [-0.3, -0.25) is 4.79 Å². The molecule has 0 bridgehead atoms. The zero-order valence-electron chi connectivity index (χ0n) is 7.58. The van der Waals surface area contributed by atoms with Crippen LogP contribution in [0.5, 0.6) is 0 Å². The normalized spacial score (nSPS) is 16.4. The molecule has 1 aromatic rings. The quantitative estimate of drug-likeness (QED) is 0.803. The van der Waals surface area contributed by atoms with Crippen LogP contribution in [0.25, 0.3) is 0 Å². The van der Waals surface area contributed by atoms with E-state index in [0.717, 1.165) is 5.01 Å². The summed E-state index contributed by atoms with van der Waals surface area (Å²) in [5.41, 5.74) is -0.00944. The Kier molecular flexibility index (Phi) is 2.46. The Balaban J connectivity index is 2.33. The van der Waals surface area contributed by atoms with Gasteiger partial charge in [0.2, 0.25) is 11.0 Å². The van der Waals surface area contributed by atoms with Gasteiger partial charge < -0.3 is 5.11 Å². The molecular weight excluding hydrogens is 218 g/mol. The molecule has 1 amide bonds. The van der Waals surface area contributed by atoms with Gasteiger partial charge in [0.15, 0.2) is 0 Å². The lowest BCUT2D eigenvalue weighted by molar-refractivity contribution is -0.129. The number of thiazole rings is 1. The zero-order chi connectivity index (χ0) is 10.8. The van der Waals surface area contributed by atoms with E-state index in [9.17, 15) is 9.59 Å². The molecule has 0 fully saturated rings. The summed E-state index contributed by atoms with van der Waals surface area (Å²) in [4.78, 5) is 26.1. The van der Waals surface area contributed by atoms with Crippen molar-refractivity contribution in [2.24, 2.45) is 5.10 Å². The Hall–Kier alpha value is -1.76. The van der Waals surface area contributed by atoms with Gasteiger partial charge in [-0.25, -0.2) is 9.78 Å². The molecule has 0 aliphatic carbocycles. The Bertz CT molecular complexity index is 426. The van der Waals surface area contributed by atoms with Crippen LogP contribution >= 0.6 is 11.3 Å². The van der Waals surface area contributed by atoms with E-state index in [1.54, 1.807) is 5.38 Å². The van der Waals surface area contributed by atoms with Crippen LogP contribution in [0.2, 0.25) is 0 Å².